The SMILES string of the molecule is CC(=O)[O-].NC(N)=N/[NH+]=C\c1ccc([N+](=O)[O-])cc1. The highest BCUT2D eigenvalue weighted by molar-refractivity contribution is 5.77. The number of nitrogens with one attached hydrogen (secondary N) is 1. The molecule has 0 aliphatic carbocycles. The Labute approximate surface area is 108 Å². The molecule has 9 nitrogen and oxygen atoms in total. The molecule has 9 heteroatoms. The van der Waals surface area contributed by atoms with Gasteiger partial charge in [0.05, 0.1) is 4.92 Å². The average molecular weight is 267 g/mol. The Kier molecular flexibility index (Phi) is 6.89. The van der Waals surface area contributed by atoms with Crippen LogP contribution >= 0.6 is 0 Å². The summed E-state index contributed by atoms with van der Waals surface area (Å²) in [5, 5.41) is 25.2. The van der Waals surface area contributed by atoms with Crippen molar-refractivity contribution in [3.63, 3.8) is 0 Å². The number of nitro groups is 1. The molecule has 0 saturated carbocycles. The van der Waals surface area contributed by atoms with Crippen molar-refractivity contribution in [1.82, 2.24) is 0 Å². The number of non-ortho nitro benzene ring substituents is 1. The fourth-order valence-corrected chi connectivity index (χ4v) is 0.874. The summed E-state index contributed by atoms with van der Waals surface area (Å²) >= 11 is 0. The molecule has 5 N–H and O–H groups in total. The molecule has 19 heavy (non-hydrogen) atoms. The Morgan fingerprint density at radius 1 is 1.37 bits per heavy atom. The predicted octanol–water partition coefficient (Wildman–Crippen LogP) is -2.96. The minimum Gasteiger partial charge on any atom is -0.550 e. The number of carbonyl (C=O) groups excluding carboxylic acids is 1. The third-order valence-electron chi connectivity index (χ3n) is 1.53. The molecular weight excluding hydrogens is 254 g/mol. The van der Waals surface area contributed by atoms with Crippen molar-refractivity contribution in [1.29, 1.82) is 0 Å². The number of guanidine groups is 1. The summed E-state index contributed by atoms with van der Waals surface area (Å²) in [6.45, 7) is 0.972. The standard InChI is InChI=1S/C8H9N5O2.C2H4O2/c9-8(10)12-11-5-6-1-3-7(4-2-6)13(14)15;1-2(3)4/h1-5H,(H4,9,10,12);1H3,(H,3,4)/b11-5-;. The van der Waals surface area contributed by atoms with Crippen molar-refractivity contribution < 1.29 is 19.9 Å². The normalized spacial score (nSPS) is 9.32. The van der Waals surface area contributed by atoms with E-state index < -0.39 is 10.9 Å². The molecule has 1 rings (SSSR count). The summed E-state index contributed by atoms with van der Waals surface area (Å²) in [6, 6.07) is 5.94. The van der Waals surface area contributed by atoms with Gasteiger partial charge in [0.2, 0.25) is 6.21 Å². The number of hydrogen-bond donors (Lipinski definition) is 3. The van der Waals surface area contributed by atoms with Gasteiger partial charge in [0.1, 0.15) is 0 Å². The first-order valence-electron chi connectivity index (χ1n) is 4.92. The van der Waals surface area contributed by atoms with Crippen LogP contribution in [0.1, 0.15) is 12.5 Å². The van der Waals surface area contributed by atoms with Crippen molar-refractivity contribution >= 4 is 23.8 Å². The number of nitrogens with two attached hydrogens (primary N) is 2. The summed E-state index contributed by atoms with van der Waals surface area (Å²) in [5.74, 6) is -1.17. The topological polar surface area (TPSA) is 162 Å². The minimum absolute atomic E-state index is 0.0361. The van der Waals surface area contributed by atoms with Gasteiger partial charge >= 0.3 is 0 Å². The van der Waals surface area contributed by atoms with E-state index in [1.165, 1.54) is 18.3 Å². The third kappa shape index (κ3) is 8.80. The number of benzene rings is 1. The van der Waals surface area contributed by atoms with Gasteiger partial charge < -0.3 is 21.4 Å². The summed E-state index contributed by atoms with van der Waals surface area (Å²) in [4.78, 5) is 18.8. The van der Waals surface area contributed by atoms with Gasteiger partial charge in [0.15, 0.2) is 0 Å². The second-order valence-electron chi connectivity index (χ2n) is 3.15. The summed E-state index contributed by atoms with van der Waals surface area (Å²) in [5.41, 5.74) is 10.9. The van der Waals surface area contributed by atoms with Crippen molar-refractivity contribution in [3.8, 4) is 0 Å². The van der Waals surface area contributed by atoms with Crippen LogP contribution in [0.4, 0.5) is 5.69 Å². The minimum atomic E-state index is -1.08. The van der Waals surface area contributed by atoms with E-state index in [-0.39, 0.29) is 11.6 Å². The van der Waals surface area contributed by atoms with Crippen LogP contribution in [-0.4, -0.2) is 23.1 Å². The van der Waals surface area contributed by atoms with E-state index in [2.05, 4.69) is 10.2 Å². The predicted molar refractivity (Wildman–Crippen MR) is 65.7 cm³/mol. The number of hydrogen-bond acceptors (Lipinski definition) is 5. The molecule has 102 valence electrons. The summed E-state index contributed by atoms with van der Waals surface area (Å²) < 4.78 is 0. The van der Waals surface area contributed by atoms with E-state index >= 15 is 0 Å². The Hall–Kier alpha value is -2.97. The van der Waals surface area contributed by atoms with Gasteiger partial charge in [-0.3, -0.25) is 10.1 Å². The molecule has 0 fully saturated rings. The zero-order chi connectivity index (χ0) is 14.8. The highest BCUT2D eigenvalue weighted by atomic mass is 16.6. The van der Waals surface area contributed by atoms with Crippen molar-refractivity contribution in [3.05, 3.63) is 39.9 Å². The number of carboxylic acids is 1. The van der Waals surface area contributed by atoms with E-state index in [4.69, 9.17) is 21.4 Å². The quantitative estimate of drug-likeness (QED) is 0.229. The number of carboxylic acid groups (broad SMARTS) is 1. The van der Waals surface area contributed by atoms with Gasteiger partial charge in [-0.1, -0.05) is 0 Å². The van der Waals surface area contributed by atoms with Crippen LogP contribution in [0.3, 0.4) is 0 Å². The van der Waals surface area contributed by atoms with Crippen molar-refractivity contribution in [2.45, 2.75) is 6.92 Å². The number of carbonyl (C=O) groups is 1. The zero-order valence-electron chi connectivity index (χ0n) is 10.1. The smallest absolute Gasteiger partial charge is 0.269 e. The molecule has 1 aromatic carbocycles. The largest absolute Gasteiger partial charge is 0.550 e. The molecule has 1 aromatic rings. The van der Waals surface area contributed by atoms with E-state index in [1.54, 1.807) is 12.1 Å². The molecule has 0 aromatic heterocycles. The van der Waals surface area contributed by atoms with E-state index in [1.807, 2.05) is 0 Å². The number of rotatable bonds is 3. The highest BCUT2D eigenvalue weighted by Gasteiger charge is 2.03. The Morgan fingerprint density at radius 3 is 2.21 bits per heavy atom. The Morgan fingerprint density at radius 2 is 1.84 bits per heavy atom. The molecule has 0 spiro atoms. The maximum absolute atomic E-state index is 10.3. The lowest BCUT2D eigenvalue weighted by atomic mass is 10.2. The van der Waals surface area contributed by atoms with Crippen LogP contribution in [-0.2, 0) is 4.79 Å². The first kappa shape index (κ1) is 16.0. The molecule has 0 saturated heterocycles. The molecule has 0 aliphatic heterocycles. The summed E-state index contributed by atoms with van der Waals surface area (Å²) in [7, 11) is 0. The van der Waals surface area contributed by atoms with Crippen molar-refractivity contribution in [2.24, 2.45) is 16.6 Å². The number of nitrogens with zero attached hydrogens (tertiary/aromatic N) is 2. The monoisotopic (exact) mass is 267 g/mol. The van der Waals surface area contributed by atoms with Gasteiger partial charge in [-0.2, -0.15) is 0 Å². The van der Waals surface area contributed by atoms with Gasteiger partial charge in [0, 0.05) is 28.8 Å². The average Bonchev–Trinajstić information content (AvgIpc) is 2.28. The van der Waals surface area contributed by atoms with Gasteiger partial charge in [-0.05, 0) is 19.1 Å². The second-order valence-corrected chi connectivity index (χ2v) is 3.15. The zero-order valence-corrected chi connectivity index (χ0v) is 10.1. The summed E-state index contributed by atoms with van der Waals surface area (Å²) in [6.07, 6.45) is 1.52. The fourth-order valence-electron chi connectivity index (χ4n) is 0.874. The van der Waals surface area contributed by atoms with Crippen LogP contribution < -0.4 is 21.7 Å². The molecular formula is C10H13N5O4. The second kappa shape index (κ2) is 8.17. The molecule has 0 atom stereocenters. The van der Waals surface area contributed by atoms with Crippen LogP contribution in [0.5, 0.6) is 0 Å². The third-order valence-corrected chi connectivity index (χ3v) is 1.53. The van der Waals surface area contributed by atoms with E-state index in [0.29, 0.717) is 0 Å². The van der Waals surface area contributed by atoms with Crippen LogP contribution in [0, 0.1) is 10.1 Å². The van der Waals surface area contributed by atoms with Crippen molar-refractivity contribution in [2.75, 3.05) is 0 Å². The number of aliphatic carboxylic acids is 1. The lowest BCUT2D eigenvalue weighted by molar-refractivity contribution is -0.456. The maximum Gasteiger partial charge on any atom is 0.269 e. The molecule has 0 radical (unpaired) electrons. The van der Waals surface area contributed by atoms with Gasteiger partial charge in [-0.15, -0.1) is 5.10 Å². The number of nitro benzene ring substituents is 1. The number of hydrazone groups is 1. The van der Waals surface area contributed by atoms with Crippen LogP contribution in [0.25, 0.3) is 0 Å². The molecule has 0 aliphatic rings. The van der Waals surface area contributed by atoms with Gasteiger partial charge in [-0.25, -0.2) is 0 Å². The first-order chi connectivity index (χ1) is 8.82. The Balaban J connectivity index is 0.000000711. The highest BCUT2D eigenvalue weighted by Crippen LogP contribution is 2.09. The van der Waals surface area contributed by atoms with Gasteiger partial charge in [0.25, 0.3) is 11.6 Å². The fraction of sp³-hybridized carbons (Fsp3) is 0.100. The lowest BCUT2D eigenvalue weighted by Crippen LogP contribution is -2.63. The van der Waals surface area contributed by atoms with Crippen LogP contribution in [0.2, 0.25) is 0 Å². The lowest BCUT2D eigenvalue weighted by Gasteiger charge is -1.89. The molecule has 0 bridgehead atoms. The van der Waals surface area contributed by atoms with E-state index in [0.717, 1.165) is 12.5 Å². The molecule has 0 unspecified atom stereocenters. The van der Waals surface area contributed by atoms with E-state index in [9.17, 15) is 10.1 Å². The maximum atomic E-state index is 10.3. The molecule has 0 amide bonds. The first-order valence-corrected chi connectivity index (χ1v) is 4.92. The molecule has 0 heterocycles. The Bertz CT molecular complexity index is 487. The van der Waals surface area contributed by atoms with Crippen LogP contribution in [0.15, 0.2) is 29.4 Å².